The van der Waals surface area contributed by atoms with Crippen LogP contribution in [0.15, 0.2) is 41.0 Å². The van der Waals surface area contributed by atoms with Gasteiger partial charge in [0.05, 0.1) is 16.8 Å². The molecular weight excluding hydrogens is 338 g/mol. The fraction of sp³-hybridized carbons (Fsp3) is 0. The average molecular weight is 346 g/mol. The Morgan fingerprint density at radius 1 is 1.29 bits per heavy atom. The molecule has 2 aromatic rings. The van der Waals surface area contributed by atoms with E-state index in [9.17, 15) is 9.59 Å². The number of anilines is 1. The summed E-state index contributed by atoms with van der Waals surface area (Å²) in [6.45, 7) is 0. The molecule has 104 valence electrons. The number of aromatic carboxylic acids is 1. The lowest BCUT2D eigenvalue weighted by Gasteiger charge is -2.10. The summed E-state index contributed by atoms with van der Waals surface area (Å²) < 4.78 is 0.449. The fourth-order valence-electron chi connectivity index (χ4n) is 1.60. The third kappa shape index (κ3) is 3.24. The van der Waals surface area contributed by atoms with Gasteiger partial charge in [0.25, 0.3) is 5.91 Å². The predicted octanol–water partition coefficient (Wildman–Crippen LogP) is 2.67. The number of nitrogens with zero attached hydrogens (tertiary/aromatic N) is 2. The molecule has 6 nitrogen and oxygen atoms in total. The summed E-state index contributed by atoms with van der Waals surface area (Å²) >= 11 is 3.20. The molecule has 7 heteroatoms. The maximum atomic E-state index is 12.1. The number of carbonyl (C=O) groups is 2. The lowest BCUT2D eigenvalue weighted by molar-refractivity contribution is 0.0698. The minimum atomic E-state index is -1.15. The number of halogens is 1. The second kappa shape index (κ2) is 6.15. The van der Waals surface area contributed by atoms with Crippen molar-refractivity contribution < 1.29 is 14.7 Å². The largest absolute Gasteiger partial charge is 0.478 e. The van der Waals surface area contributed by atoms with Crippen molar-refractivity contribution in [3.8, 4) is 6.07 Å². The Bertz CT molecular complexity index is 751. The van der Waals surface area contributed by atoms with Crippen LogP contribution in [0.2, 0.25) is 0 Å². The third-order valence-electron chi connectivity index (χ3n) is 2.61. The summed E-state index contributed by atoms with van der Waals surface area (Å²) in [5.74, 6) is -1.71. The van der Waals surface area contributed by atoms with Crippen LogP contribution < -0.4 is 5.32 Å². The zero-order chi connectivity index (χ0) is 15.4. The van der Waals surface area contributed by atoms with Crippen molar-refractivity contribution in [2.75, 3.05) is 5.32 Å². The summed E-state index contributed by atoms with van der Waals surface area (Å²) in [5, 5.41) is 20.3. The van der Waals surface area contributed by atoms with Crippen molar-refractivity contribution in [2.24, 2.45) is 0 Å². The number of pyridine rings is 1. The second-order valence-corrected chi connectivity index (χ2v) is 4.82. The highest BCUT2D eigenvalue weighted by atomic mass is 79.9. The van der Waals surface area contributed by atoms with Gasteiger partial charge in [0.2, 0.25) is 0 Å². The molecule has 1 amide bonds. The molecule has 0 radical (unpaired) electrons. The molecule has 0 saturated carbocycles. The zero-order valence-electron chi connectivity index (χ0n) is 10.5. The van der Waals surface area contributed by atoms with E-state index in [1.54, 1.807) is 12.1 Å². The highest BCUT2D eigenvalue weighted by molar-refractivity contribution is 9.10. The summed E-state index contributed by atoms with van der Waals surface area (Å²) in [5.41, 5.74) is 0.535. The number of rotatable bonds is 3. The first-order chi connectivity index (χ1) is 10.0. The van der Waals surface area contributed by atoms with Gasteiger partial charge in [0.15, 0.2) is 0 Å². The van der Waals surface area contributed by atoms with Crippen LogP contribution in [0.3, 0.4) is 0 Å². The number of amides is 1. The topological polar surface area (TPSA) is 103 Å². The van der Waals surface area contributed by atoms with E-state index in [0.29, 0.717) is 10.0 Å². The zero-order valence-corrected chi connectivity index (χ0v) is 12.1. The molecule has 0 spiro atoms. The first-order valence-corrected chi connectivity index (χ1v) is 6.51. The second-order valence-electron chi connectivity index (χ2n) is 3.97. The van der Waals surface area contributed by atoms with E-state index in [2.05, 4.69) is 26.2 Å². The van der Waals surface area contributed by atoms with E-state index in [4.69, 9.17) is 10.4 Å². The molecule has 1 aromatic heterocycles. The Kier molecular flexibility index (Phi) is 4.30. The Labute approximate surface area is 128 Å². The molecule has 0 aliphatic carbocycles. The molecule has 0 aliphatic rings. The number of hydrogen-bond donors (Lipinski definition) is 2. The van der Waals surface area contributed by atoms with Crippen molar-refractivity contribution in [3.63, 3.8) is 0 Å². The molecule has 0 bridgehead atoms. The van der Waals surface area contributed by atoms with Crippen molar-refractivity contribution in [3.05, 3.63) is 57.8 Å². The molecule has 0 fully saturated rings. The van der Waals surface area contributed by atoms with Gasteiger partial charge in [-0.1, -0.05) is 6.07 Å². The van der Waals surface area contributed by atoms with Gasteiger partial charge in [-0.05, 0) is 40.2 Å². The summed E-state index contributed by atoms with van der Waals surface area (Å²) in [4.78, 5) is 27.1. The summed E-state index contributed by atoms with van der Waals surface area (Å²) in [7, 11) is 0. The van der Waals surface area contributed by atoms with Crippen LogP contribution in [0.4, 0.5) is 5.69 Å². The Balaban J connectivity index is 2.31. The summed E-state index contributed by atoms with van der Waals surface area (Å²) in [6.07, 6.45) is 1.27. The van der Waals surface area contributed by atoms with Crippen molar-refractivity contribution in [1.29, 1.82) is 5.26 Å². The van der Waals surface area contributed by atoms with Crippen LogP contribution >= 0.6 is 15.9 Å². The smallest absolute Gasteiger partial charge is 0.337 e. The number of carboxylic acids is 1. The van der Waals surface area contributed by atoms with E-state index in [1.165, 1.54) is 24.4 Å². The molecular formula is C14H8BrN3O3. The van der Waals surface area contributed by atoms with E-state index in [0.717, 1.165) is 0 Å². The Morgan fingerprint density at radius 3 is 2.62 bits per heavy atom. The molecule has 2 N–H and O–H groups in total. The Morgan fingerprint density at radius 2 is 2.05 bits per heavy atom. The fourth-order valence-corrected chi connectivity index (χ4v) is 2.07. The molecule has 0 atom stereocenters. The van der Waals surface area contributed by atoms with E-state index in [1.807, 2.05) is 6.07 Å². The number of nitriles is 1. The summed E-state index contributed by atoms with van der Waals surface area (Å²) in [6, 6.07) is 9.31. The maximum Gasteiger partial charge on any atom is 0.337 e. The van der Waals surface area contributed by atoms with Crippen molar-refractivity contribution in [2.45, 2.75) is 0 Å². The van der Waals surface area contributed by atoms with Crippen molar-refractivity contribution in [1.82, 2.24) is 4.98 Å². The number of para-hydroxylation sites is 1. The van der Waals surface area contributed by atoms with Crippen LogP contribution in [-0.4, -0.2) is 22.0 Å². The average Bonchev–Trinajstić information content (AvgIpc) is 2.49. The molecule has 1 heterocycles. The van der Waals surface area contributed by atoms with Crippen LogP contribution in [0, 0.1) is 11.3 Å². The lowest BCUT2D eigenvalue weighted by atomic mass is 10.1. The minimum Gasteiger partial charge on any atom is -0.478 e. The number of hydrogen-bond acceptors (Lipinski definition) is 4. The number of benzene rings is 1. The van der Waals surface area contributed by atoms with Crippen LogP contribution in [0.5, 0.6) is 0 Å². The van der Waals surface area contributed by atoms with Gasteiger partial charge < -0.3 is 10.4 Å². The highest BCUT2D eigenvalue weighted by Crippen LogP contribution is 2.27. The van der Waals surface area contributed by atoms with Gasteiger partial charge >= 0.3 is 5.97 Å². The first-order valence-electron chi connectivity index (χ1n) is 5.72. The van der Waals surface area contributed by atoms with Crippen LogP contribution in [-0.2, 0) is 0 Å². The van der Waals surface area contributed by atoms with E-state index in [-0.39, 0.29) is 16.9 Å². The molecule has 0 unspecified atom stereocenters. The molecule has 0 aliphatic heterocycles. The molecule has 0 saturated heterocycles. The SMILES string of the molecule is N#Cc1ccc(C(=O)Nc2c(Br)cccc2C(=O)O)nc1. The van der Waals surface area contributed by atoms with Gasteiger partial charge in [-0.2, -0.15) is 5.26 Å². The van der Waals surface area contributed by atoms with Gasteiger partial charge in [0.1, 0.15) is 11.8 Å². The number of nitrogens with one attached hydrogen (secondary N) is 1. The number of aromatic nitrogens is 1. The third-order valence-corrected chi connectivity index (χ3v) is 3.27. The van der Waals surface area contributed by atoms with E-state index < -0.39 is 11.9 Å². The van der Waals surface area contributed by atoms with Crippen LogP contribution in [0.1, 0.15) is 26.4 Å². The minimum absolute atomic E-state index is 0.0358. The Hall–Kier alpha value is -2.72. The van der Waals surface area contributed by atoms with Gasteiger partial charge in [-0.25, -0.2) is 9.78 Å². The van der Waals surface area contributed by atoms with Gasteiger partial charge in [-0.15, -0.1) is 0 Å². The molecule has 2 rings (SSSR count). The maximum absolute atomic E-state index is 12.1. The van der Waals surface area contributed by atoms with Crippen LogP contribution in [0.25, 0.3) is 0 Å². The standard InChI is InChI=1S/C14H8BrN3O3/c15-10-3-1-2-9(14(20)21)12(10)18-13(19)11-5-4-8(6-16)7-17-11/h1-5,7H,(H,18,19)(H,20,21). The van der Waals surface area contributed by atoms with E-state index >= 15 is 0 Å². The van der Waals surface area contributed by atoms with Crippen molar-refractivity contribution >= 4 is 33.5 Å². The first kappa shape index (κ1) is 14.7. The monoisotopic (exact) mass is 345 g/mol. The molecule has 21 heavy (non-hydrogen) atoms. The van der Waals surface area contributed by atoms with Gasteiger partial charge in [0, 0.05) is 10.7 Å². The quantitative estimate of drug-likeness (QED) is 0.889. The lowest BCUT2D eigenvalue weighted by Crippen LogP contribution is -2.16. The number of carboxylic acid groups (broad SMARTS) is 1. The predicted molar refractivity (Wildman–Crippen MR) is 78.0 cm³/mol. The highest BCUT2D eigenvalue weighted by Gasteiger charge is 2.16. The molecule has 1 aromatic carbocycles. The number of carbonyl (C=O) groups excluding carboxylic acids is 1. The normalized spacial score (nSPS) is 9.71. The van der Waals surface area contributed by atoms with Gasteiger partial charge in [-0.3, -0.25) is 4.79 Å².